The van der Waals surface area contributed by atoms with Gasteiger partial charge in [-0.3, -0.25) is 14.5 Å². The highest BCUT2D eigenvalue weighted by Crippen LogP contribution is 2.21. The minimum Gasteiger partial charge on any atom is -0.480 e. The standard InChI is InChI=1S/C14H17BrN2O3/c1-9-7-10(15)4-5-11(9)16-13(18)8-17-6-2-3-12(17)14(19)20/h4-5,7,12H,2-3,6,8H2,1H3,(H,16,18)(H,19,20)/t12-/m1/s1. The number of likely N-dealkylation sites (tertiary alicyclic amines) is 1. The number of carbonyl (C=O) groups is 2. The molecule has 0 saturated carbocycles. The molecule has 2 N–H and O–H groups in total. The lowest BCUT2D eigenvalue weighted by atomic mass is 10.2. The van der Waals surface area contributed by atoms with E-state index >= 15 is 0 Å². The monoisotopic (exact) mass is 340 g/mol. The average molecular weight is 341 g/mol. The molecule has 0 bridgehead atoms. The van der Waals surface area contributed by atoms with Crippen LogP contribution in [0.1, 0.15) is 18.4 Å². The first-order chi connectivity index (χ1) is 9.47. The van der Waals surface area contributed by atoms with Crippen molar-refractivity contribution in [3.63, 3.8) is 0 Å². The molecule has 1 atom stereocenters. The molecular weight excluding hydrogens is 324 g/mol. The van der Waals surface area contributed by atoms with Gasteiger partial charge in [-0.15, -0.1) is 0 Å². The molecule has 0 radical (unpaired) electrons. The third-order valence-electron chi connectivity index (χ3n) is 3.46. The first-order valence-corrected chi connectivity index (χ1v) is 7.29. The summed E-state index contributed by atoms with van der Waals surface area (Å²) in [5, 5.41) is 11.9. The molecule has 108 valence electrons. The van der Waals surface area contributed by atoms with Gasteiger partial charge in [0.2, 0.25) is 5.91 Å². The van der Waals surface area contributed by atoms with Crippen molar-refractivity contribution in [3.05, 3.63) is 28.2 Å². The maximum atomic E-state index is 12.0. The third-order valence-corrected chi connectivity index (χ3v) is 3.95. The van der Waals surface area contributed by atoms with E-state index in [0.29, 0.717) is 13.0 Å². The fourth-order valence-corrected chi connectivity index (χ4v) is 2.91. The van der Waals surface area contributed by atoms with Gasteiger partial charge in [-0.05, 0) is 50.1 Å². The van der Waals surface area contributed by atoms with Crippen LogP contribution in [0.15, 0.2) is 22.7 Å². The summed E-state index contributed by atoms with van der Waals surface area (Å²) in [6.45, 7) is 2.69. The number of carboxylic acid groups (broad SMARTS) is 1. The Labute approximate surface area is 126 Å². The van der Waals surface area contributed by atoms with Crippen molar-refractivity contribution in [2.45, 2.75) is 25.8 Å². The zero-order chi connectivity index (χ0) is 14.7. The number of aliphatic carboxylic acids is 1. The van der Waals surface area contributed by atoms with Crippen LogP contribution in [-0.2, 0) is 9.59 Å². The summed E-state index contributed by atoms with van der Waals surface area (Å²) < 4.78 is 0.957. The minimum atomic E-state index is -0.852. The number of carbonyl (C=O) groups excluding carboxylic acids is 1. The molecule has 6 heteroatoms. The third kappa shape index (κ3) is 3.58. The Morgan fingerprint density at radius 3 is 2.90 bits per heavy atom. The van der Waals surface area contributed by atoms with Gasteiger partial charge >= 0.3 is 5.97 Å². The van der Waals surface area contributed by atoms with Gasteiger partial charge in [0.15, 0.2) is 0 Å². The Kier molecular flexibility index (Phi) is 4.77. The number of carboxylic acids is 1. The number of nitrogens with one attached hydrogen (secondary N) is 1. The van der Waals surface area contributed by atoms with Crippen LogP contribution in [0.2, 0.25) is 0 Å². The predicted molar refractivity (Wildman–Crippen MR) is 79.7 cm³/mol. The largest absolute Gasteiger partial charge is 0.480 e. The first kappa shape index (κ1) is 15.0. The van der Waals surface area contributed by atoms with E-state index in [1.165, 1.54) is 0 Å². The van der Waals surface area contributed by atoms with Gasteiger partial charge in [-0.2, -0.15) is 0 Å². The molecule has 1 saturated heterocycles. The van der Waals surface area contributed by atoms with E-state index in [4.69, 9.17) is 5.11 Å². The van der Waals surface area contributed by atoms with E-state index in [2.05, 4.69) is 21.2 Å². The van der Waals surface area contributed by atoms with E-state index in [1.54, 1.807) is 4.90 Å². The molecule has 2 rings (SSSR count). The Morgan fingerprint density at radius 1 is 1.50 bits per heavy atom. The fraction of sp³-hybridized carbons (Fsp3) is 0.429. The molecule has 1 amide bonds. The number of benzene rings is 1. The van der Waals surface area contributed by atoms with Crippen LogP contribution < -0.4 is 5.32 Å². The second-order valence-corrected chi connectivity index (χ2v) is 5.89. The quantitative estimate of drug-likeness (QED) is 0.881. The van der Waals surface area contributed by atoms with E-state index in [-0.39, 0.29) is 12.5 Å². The number of nitrogens with zero attached hydrogens (tertiary/aromatic N) is 1. The molecule has 0 unspecified atom stereocenters. The van der Waals surface area contributed by atoms with Crippen molar-refractivity contribution in [1.29, 1.82) is 0 Å². The Morgan fingerprint density at radius 2 is 2.25 bits per heavy atom. The van der Waals surface area contributed by atoms with Gasteiger partial charge < -0.3 is 10.4 Å². The molecule has 1 heterocycles. The molecule has 20 heavy (non-hydrogen) atoms. The molecule has 0 aliphatic carbocycles. The normalized spacial score (nSPS) is 19.0. The Balaban J connectivity index is 1.97. The van der Waals surface area contributed by atoms with Crippen molar-refractivity contribution >= 4 is 33.5 Å². The van der Waals surface area contributed by atoms with Crippen molar-refractivity contribution in [3.8, 4) is 0 Å². The van der Waals surface area contributed by atoms with Crippen LogP contribution >= 0.6 is 15.9 Å². The van der Waals surface area contributed by atoms with Gasteiger partial charge in [0.05, 0.1) is 6.54 Å². The highest BCUT2D eigenvalue weighted by molar-refractivity contribution is 9.10. The smallest absolute Gasteiger partial charge is 0.320 e. The molecule has 1 fully saturated rings. The molecule has 1 aromatic carbocycles. The number of anilines is 1. The number of rotatable bonds is 4. The van der Waals surface area contributed by atoms with Crippen molar-refractivity contribution < 1.29 is 14.7 Å². The van der Waals surface area contributed by atoms with Gasteiger partial charge in [0.1, 0.15) is 6.04 Å². The van der Waals surface area contributed by atoms with Crippen LogP contribution in [0.4, 0.5) is 5.69 Å². The lowest BCUT2D eigenvalue weighted by molar-refractivity contribution is -0.142. The number of halogens is 1. The molecule has 1 aliphatic rings. The molecule has 5 nitrogen and oxygen atoms in total. The molecule has 1 aliphatic heterocycles. The van der Waals surface area contributed by atoms with Crippen LogP contribution in [0.3, 0.4) is 0 Å². The molecule has 0 spiro atoms. The summed E-state index contributed by atoms with van der Waals surface area (Å²) in [7, 11) is 0. The fourth-order valence-electron chi connectivity index (χ4n) is 2.44. The summed E-state index contributed by atoms with van der Waals surface area (Å²) in [6.07, 6.45) is 1.43. The summed E-state index contributed by atoms with van der Waals surface area (Å²) in [6, 6.07) is 5.08. The highest BCUT2D eigenvalue weighted by atomic mass is 79.9. The molecule has 1 aromatic rings. The van der Waals surface area contributed by atoms with Crippen molar-refractivity contribution in [2.24, 2.45) is 0 Å². The van der Waals surface area contributed by atoms with Crippen molar-refractivity contribution in [2.75, 3.05) is 18.4 Å². The maximum Gasteiger partial charge on any atom is 0.320 e. The number of aryl methyl sites for hydroxylation is 1. The summed E-state index contributed by atoms with van der Waals surface area (Å²) in [5.41, 5.74) is 1.72. The summed E-state index contributed by atoms with van der Waals surface area (Å²) in [4.78, 5) is 24.8. The lowest BCUT2D eigenvalue weighted by Crippen LogP contribution is -2.40. The van der Waals surface area contributed by atoms with E-state index in [9.17, 15) is 9.59 Å². The number of hydrogen-bond acceptors (Lipinski definition) is 3. The van der Waals surface area contributed by atoms with Gasteiger partial charge in [-0.25, -0.2) is 0 Å². The van der Waals surface area contributed by atoms with Crippen LogP contribution in [0, 0.1) is 6.92 Å². The minimum absolute atomic E-state index is 0.118. The number of amides is 1. The maximum absolute atomic E-state index is 12.0. The van der Waals surface area contributed by atoms with Crippen LogP contribution in [0.25, 0.3) is 0 Å². The van der Waals surface area contributed by atoms with Gasteiger partial charge in [0.25, 0.3) is 0 Å². The Hall–Kier alpha value is -1.40. The van der Waals surface area contributed by atoms with E-state index in [0.717, 1.165) is 22.1 Å². The molecular formula is C14H17BrN2O3. The Bertz CT molecular complexity index is 533. The van der Waals surface area contributed by atoms with E-state index < -0.39 is 12.0 Å². The van der Waals surface area contributed by atoms with Crippen LogP contribution in [-0.4, -0.2) is 41.0 Å². The van der Waals surface area contributed by atoms with Gasteiger partial charge in [-0.1, -0.05) is 15.9 Å². The van der Waals surface area contributed by atoms with Crippen LogP contribution in [0.5, 0.6) is 0 Å². The van der Waals surface area contributed by atoms with Crippen molar-refractivity contribution in [1.82, 2.24) is 4.90 Å². The van der Waals surface area contributed by atoms with Gasteiger partial charge in [0, 0.05) is 10.2 Å². The number of hydrogen-bond donors (Lipinski definition) is 2. The average Bonchev–Trinajstić information content (AvgIpc) is 2.81. The summed E-state index contributed by atoms with van der Waals surface area (Å²) >= 11 is 3.37. The predicted octanol–water partition coefficient (Wildman–Crippen LogP) is 2.25. The molecule has 0 aromatic heterocycles. The highest BCUT2D eigenvalue weighted by Gasteiger charge is 2.31. The zero-order valence-electron chi connectivity index (χ0n) is 11.2. The SMILES string of the molecule is Cc1cc(Br)ccc1NC(=O)CN1CCC[C@@H]1C(=O)O. The summed E-state index contributed by atoms with van der Waals surface area (Å²) in [5.74, 6) is -1.03. The zero-order valence-corrected chi connectivity index (χ0v) is 12.8. The lowest BCUT2D eigenvalue weighted by Gasteiger charge is -2.20. The topological polar surface area (TPSA) is 69.6 Å². The second kappa shape index (κ2) is 6.37. The second-order valence-electron chi connectivity index (χ2n) is 4.97. The first-order valence-electron chi connectivity index (χ1n) is 6.50. The van der Waals surface area contributed by atoms with E-state index in [1.807, 2.05) is 25.1 Å².